The van der Waals surface area contributed by atoms with E-state index in [1.165, 1.54) is 128 Å². The smallest absolute Gasteiger partial charge is 0.0202 e. The molecule has 5 aliphatic rings. The quantitative estimate of drug-likeness (QED) is 0.267. The Hall–Kier alpha value is -1.56. The third-order valence-electron chi connectivity index (χ3n) is 8.18. The van der Waals surface area contributed by atoms with Gasteiger partial charge in [0, 0.05) is 0 Å². The van der Waals surface area contributed by atoms with Crippen molar-refractivity contribution in [1.29, 1.82) is 0 Å². The zero-order chi connectivity index (χ0) is 23.5. The highest BCUT2D eigenvalue weighted by atomic mass is 14.3. The summed E-state index contributed by atoms with van der Waals surface area (Å²) >= 11 is 0. The lowest BCUT2D eigenvalue weighted by Gasteiger charge is -2.23. The molecule has 2 unspecified atom stereocenters. The molecule has 0 heteroatoms. The summed E-state index contributed by atoms with van der Waals surface area (Å²) in [5.74, 6) is 2.04. The second-order valence-corrected chi connectivity index (χ2v) is 11.0. The number of allylic oxidation sites excluding steroid dienone is 6. The molecule has 0 nitrogen and oxygen atoms in total. The minimum Gasteiger partial charge on any atom is -0.0880 e. The molecule has 1 aromatic carbocycles. The van der Waals surface area contributed by atoms with Crippen LogP contribution in [0.2, 0.25) is 0 Å². The first-order valence-electron chi connectivity index (χ1n) is 15.0. The molecule has 0 aromatic heterocycles. The Morgan fingerprint density at radius 3 is 1.47 bits per heavy atom. The van der Waals surface area contributed by atoms with Crippen molar-refractivity contribution in [2.24, 2.45) is 11.8 Å². The summed E-state index contributed by atoms with van der Waals surface area (Å²) in [7, 11) is 0. The van der Waals surface area contributed by atoms with Gasteiger partial charge in [-0.1, -0.05) is 131 Å². The van der Waals surface area contributed by atoms with Crippen LogP contribution in [0, 0.1) is 11.8 Å². The van der Waals surface area contributed by atoms with Crippen molar-refractivity contribution < 1.29 is 0 Å². The maximum atomic E-state index is 2.43. The molecule has 2 saturated carbocycles. The Morgan fingerprint density at radius 1 is 0.500 bits per heavy atom. The molecule has 2 fully saturated rings. The molecule has 0 N–H and O–H groups in total. The predicted octanol–water partition coefficient (Wildman–Crippen LogP) is 10.7. The third kappa shape index (κ3) is 11.2. The molecule has 0 aliphatic heterocycles. The van der Waals surface area contributed by atoms with E-state index >= 15 is 0 Å². The van der Waals surface area contributed by atoms with Crippen molar-refractivity contribution in [2.75, 3.05) is 0 Å². The third-order valence-corrected chi connectivity index (χ3v) is 8.18. The Labute approximate surface area is 212 Å². The number of rotatable bonds is 0. The van der Waals surface area contributed by atoms with Crippen molar-refractivity contribution in [3.05, 3.63) is 71.8 Å². The van der Waals surface area contributed by atoms with Crippen LogP contribution in [-0.2, 0) is 12.8 Å². The summed E-state index contributed by atoms with van der Waals surface area (Å²) < 4.78 is 0. The molecule has 0 radical (unpaired) electrons. The highest BCUT2D eigenvalue weighted by Gasteiger charge is 2.24. The van der Waals surface area contributed by atoms with Gasteiger partial charge in [0.25, 0.3) is 0 Å². The normalized spacial score (nSPS) is 25.3. The van der Waals surface area contributed by atoms with Crippen molar-refractivity contribution >= 4 is 0 Å². The molecular formula is C34H52. The second kappa shape index (κ2) is 17.8. The monoisotopic (exact) mass is 460 g/mol. The van der Waals surface area contributed by atoms with Gasteiger partial charge in [0.2, 0.25) is 0 Å². The average Bonchev–Trinajstić information content (AvgIpc) is 3.23. The summed E-state index contributed by atoms with van der Waals surface area (Å²) in [6.45, 7) is 0. The van der Waals surface area contributed by atoms with Gasteiger partial charge in [-0.15, -0.1) is 0 Å². The molecule has 6 rings (SSSR count). The van der Waals surface area contributed by atoms with E-state index in [4.69, 9.17) is 0 Å². The lowest BCUT2D eigenvalue weighted by Crippen LogP contribution is -2.12. The van der Waals surface area contributed by atoms with Crippen LogP contribution in [0.25, 0.3) is 0 Å². The first-order chi connectivity index (χ1) is 16.9. The summed E-state index contributed by atoms with van der Waals surface area (Å²) in [6.07, 6.45) is 41.9. The standard InChI is InChI=1S/C11H14.C9H14.C8H16.C6H8/c1-2-6-10-8-4-5-9-11(10)7-3-1;1-2-5-9-7-3-6-8(9)4-1;1-2-4-6-8-7-5-3-1;1-2-4-6-5-3-1/h4-5,8-9H,1-3,6-7H2;3,6,8-9H,1-2,4-5,7H2;1-8H2;1-4H,5-6H2. The first-order valence-corrected chi connectivity index (χ1v) is 15.0. The van der Waals surface area contributed by atoms with Crippen LogP contribution in [-0.4, -0.2) is 0 Å². The molecule has 5 aliphatic carbocycles. The highest BCUT2D eigenvalue weighted by molar-refractivity contribution is 5.27. The molecule has 2 atom stereocenters. The van der Waals surface area contributed by atoms with Crippen LogP contribution >= 0.6 is 0 Å². The van der Waals surface area contributed by atoms with Gasteiger partial charge in [0.05, 0.1) is 0 Å². The summed E-state index contributed by atoms with van der Waals surface area (Å²) in [5, 5.41) is 0. The number of benzene rings is 1. The predicted molar refractivity (Wildman–Crippen MR) is 151 cm³/mol. The van der Waals surface area contributed by atoms with E-state index < -0.39 is 0 Å². The molecule has 34 heavy (non-hydrogen) atoms. The summed E-state index contributed by atoms with van der Waals surface area (Å²) in [4.78, 5) is 0. The van der Waals surface area contributed by atoms with Gasteiger partial charge in [0.1, 0.15) is 0 Å². The fourth-order valence-corrected chi connectivity index (χ4v) is 6.02. The van der Waals surface area contributed by atoms with Gasteiger partial charge in [-0.3, -0.25) is 0 Å². The van der Waals surface area contributed by atoms with E-state index in [1.807, 2.05) is 0 Å². The SMILES string of the molecule is C1=CC2CCCCC2C1.C1=CCCC=C1.C1CCCCCCC1.c1ccc2c(c1)CCCCC2. The van der Waals surface area contributed by atoms with Gasteiger partial charge in [-0.25, -0.2) is 0 Å². The van der Waals surface area contributed by atoms with Gasteiger partial charge in [-0.05, 0) is 80.8 Å². The first kappa shape index (κ1) is 27.0. The lowest BCUT2D eigenvalue weighted by molar-refractivity contribution is 0.304. The second-order valence-electron chi connectivity index (χ2n) is 11.0. The van der Waals surface area contributed by atoms with Crippen LogP contribution in [0.15, 0.2) is 60.7 Å². The van der Waals surface area contributed by atoms with Crippen LogP contribution in [0.1, 0.15) is 127 Å². The fraction of sp³-hybridized carbons (Fsp3) is 0.647. The average molecular weight is 461 g/mol. The molecule has 0 saturated heterocycles. The van der Waals surface area contributed by atoms with E-state index in [2.05, 4.69) is 60.7 Å². The maximum absolute atomic E-state index is 2.43. The van der Waals surface area contributed by atoms with E-state index in [1.54, 1.807) is 11.1 Å². The molecule has 1 aromatic rings. The van der Waals surface area contributed by atoms with Crippen molar-refractivity contribution in [3.63, 3.8) is 0 Å². The van der Waals surface area contributed by atoms with Gasteiger partial charge >= 0.3 is 0 Å². The van der Waals surface area contributed by atoms with Crippen LogP contribution in [0.5, 0.6) is 0 Å². The Balaban J connectivity index is 0.000000130. The molecular weight excluding hydrogens is 408 g/mol. The topological polar surface area (TPSA) is 0 Å². The van der Waals surface area contributed by atoms with Gasteiger partial charge in [-0.2, -0.15) is 0 Å². The van der Waals surface area contributed by atoms with Gasteiger partial charge < -0.3 is 0 Å². The zero-order valence-corrected chi connectivity index (χ0v) is 22.1. The van der Waals surface area contributed by atoms with Crippen LogP contribution in [0.3, 0.4) is 0 Å². The highest BCUT2D eigenvalue weighted by Crippen LogP contribution is 2.37. The van der Waals surface area contributed by atoms with Crippen LogP contribution < -0.4 is 0 Å². The van der Waals surface area contributed by atoms with E-state index in [0.717, 1.165) is 11.8 Å². The Kier molecular flexibility index (Phi) is 14.2. The number of hydrogen-bond donors (Lipinski definition) is 0. The fourth-order valence-electron chi connectivity index (χ4n) is 6.02. The number of hydrogen-bond acceptors (Lipinski definition) is 0. The van der Waals surface area contributed by atoms with E-state index in [-0.39, 0.29) is 0 Å². The van der Waals surface area contributed by atoms with E-state index in [0.29, 0.717) is 0 Å². The van der Waals surface area contributed by atoms with Crippen molar-refractivity contribution in [1.82, 2.24) is 0 Å². The number of aryl methyl sites for hydroxylation is 2. The van der Waals surface area contributed by atoms with Crippen LogP contribution in [0.4, 0.5) is 0 Å². The minimum absolute atomic E-state index is 0.985. The molecule has 0 bridgehead atoms. The largest absolute Gasteiger partial charge is 0.0880 e. The van der Waals surface area contributed by atoms with E-state index in [9.17, 15) is 0 Å². The van der Waals surface area contributed by atoms with Gasteiger partial charge in [0.15, 0.2) is 0 Å². The summed E-state index contributed by atoms with van der Waals surface area (Å²) in [5.41, 5.74) is 3.18. The summed E-state index contributed by atoms with van der Waals surface area (Å²) in [6, 6.07) is 8.87. The maximum Gasteiger partial charge on any atom is -0.0202 e. The molecule has 0 heterocycles. The molecule has 0 amide bonds. The molecule has 188 valence electrons. The Bertz CT molecular complexity index is 660. The minimum atomic E-state index is 0.985. The molecule has 0 spiro atoms. The van der Waals surface area contributed by atoms with Crippen molar-refractivity contribution in [2.45, 2.75) is 128 Å². The zero-order valence-electron chi connectivity index (χ0n) is 22.1. The Morgan fingerprint density at radius 2 is 1.00 bits per heavy atom. The lowest BCUT2D eigenvalue weighted by atomic mass is 9.82. The van der Waals surface area contributed by atoms with Crippen molar-refractivity contribution in [3.8, 4) is 0 Å². The number of fused-ring (bicyclic) bond motifs is 2.